The van der Waals surface area contributed by atoms with Gasteiger partial charge in [-0.15, -0.1) is 0 Å². The smallest absolute Gasteiger partial charge is 0.0752 e. The summed E-state index contributed by atoms with van der Waals surface area (Å²) in [6.07, 6.45) is 3.74. The molecule has 0 amide bonds. The molecule has 1 atom stereocenters. The first-order chi connectivity index (χ1) is 6.11. The maximum absolute atomic E-state index is 5.93. The van der Waals surface area contributed by atoms with E-state index in [9.17, 15) is 0 Å². The highest BCUT2D eigenvalue weighted by Crippen LogP contribution is 2.20. The first kappa shape index (κ1) is 10.4. The van der Waals surface area contributed by atoms with Gasteiger partial charge in [0.2, 0.25) is 0 Å². The molecular formula is C10H13BrN2. The van der Waals surface area contributed by atoms with Gasteiger partial charge in [0.05, 0.1) is 11.7 Å². The molecule has 0 aliphatic carbocycles. The molecule has 0 spiro atoms. The summed E-state index contributed by atoms with van der Waals surface area (Å²) in [5, 5.41) is 0. The maximum Gasteiger partial charge on any atom is 0.0752 e. The monoisotopic (exact) mass is 240 g/mol. The van der Waals surface area contributed by atoms with Crippen molar-refractivity contribution in [2.24, 2.45) is 5.73 Å². The van der Waals surface area contributed by atoms with E-state index in [0.717, 1.165) is 10.2 Å². The fraction of sp³-hybridized carbons (Fsp3) is 0.300. The van der Waals surface area contributed by atoms with Crippen molar-refractivity contribution in [2.45, 2.75) is 19.9 Å². The summed E-state index contributed by atoms with van der Waals surface area (Å²) >= 11 is 3.42. The molecule has 0 fully saturated rings. The third kappa shape index (κ3) is 2.94. The highest BCUT2D eigenvalue weighted by Gasteiger charge is 2.07. The van der Waals surface area contributed by atoms with Crippen LogP contribution >= 0.6 is 15.9 Å². The van der Waals surface area contributed by atoms with E-state index in [2.05, 4.69) is 20.9 Å². The van der Waals surface area contributed by atoms with Gasteiger partial charge in [-0.2, -0.15) is 0 Å². The molecule has 1 rings (SSSR count). The predicted molar refractivity (Wildman–Crippen MR) is 58.3 cm³/mol. The van der Waals surface area contributed by atoms with E-state index in [4.69, 9.17) is 5.73 Å². The van der Waals surface area contributed by atoms with E-state index in [-0.39, 0.29) is 6.04 Å². The van der Waals surface area contributed by atoms with Gasteiger partial charge in [0.25, 0.3) is 0 Å². The molecule has 0 bridgehead atoms. The molecule has 1 aromatic rings. The largest absolute Gasteiger partial charge is 0.319 e. The number of halogens is 1. The third-order valence-corrected chi connectivity index (χ3v) is 2.29. The van der Waals surface area contributed by atoms with E-state index in [1.54, 1.807) is 6.20 Å². The molecule has 0 aliphatic rings. The SMILES string of the molecule is CC(C)=CC(N)c1ncccc1Br. The van der Waals surface area contributed by atoms with Gasteiger partial charge in [-0.3, -0.25) is 4.98 Å². The number of hydrogen-bond donors (Lipinski definition) is 1. The van der Waals surface area contributed by atoms with Gasteiger partial charge in [-0.25, -0.2) is 0 Å². The molecule has 2 N–H and O–H groups in total. The number of hydrogen-bond acceptors (Lipinski definition) is 2. The summed E-state index contributed by atoms with van der Waals surface area (Å²) in [6.45, 7) is 4.05. The number of rotatable bonds is 2. The van der Waals surface area contributed by atoms with Gasteiger partial charge >= 0.3 is 0 Å². The lowest BCUT2D eigenvalue weighted by Gasteiger charge is -2.08. The Bertz CT molecular complexity index is 316. The van der Waals surface area contributed by atoms with Crippen molar-refractivity contribution >= 4 is 15.9 Å². The average molecular weight is 241 g/mol. The van der Waals surface area contributed by atoms with E-state index in [1.165, 1.54) is 5.57 Å². The molecule has 0 aliphatic heterocycles. The number of pyridine rings is 1. The van der Waals surface area contributed by atoms with Crippen LogP contribution in [-0.2, 0) is 0 Å². The van der Waals surface area contributed by atoms with Gasteiger partial charge in [0.1, 0.15) is 0 Å². The van der Waals surface area contributed by atoms with Crippen LogP contribution in [0.15, 0.2) is 34.5 Å². The molecule has 13 heavy (non-hydrogen) atoms. The Hall–Kier alpha value is -0.670. The minimum absolute atomic E-state index is 0.124. The standard InChI is InChI=1S/C10H13BrN2/c1-7(2)6-9(12)10-8(11)4-3-5-13-10/h3-6,9H,12H2,1-2H3. The van der Waals surface area contributed by atoms with Gasteiger partial charge < -0.3 is 5.73 Å². The van der Waals surface area contributed by atoms with E-state index in [0.29, 0.717) is 0 Å². The summed E-state index contributed by atoms with van der Waals surface area (Å²) in [5.74, 6) is 0. The Morgan fingerprint density at radius 1 is 1.62 bits per heavy atom. The second-order valence-electron chi connectivity index (χ2n) is 3.14. The lowest BCUT2D eigenvalue weighted by molar-refractivity contribution is 0.845. The Morgan fingerprint density at radius 2 is 2.31 bits per heavy atom. The molecule has 1 unspecified atom stereocenters. The Balaban J connectivity index is 2.95. The van der Waals surface area contributed by atoms with Crippen molar-refractivity contribution in [3.8, 4) is 0 Å². The normalized spacial score (nSPS) is 12.3. The van der Waals surface area contributed by atoms with E-state index < -0.39 is 0 Å². The van der Waals surface area contributed by atoms with Crippen molar-refractivity contribution in [3.63, 3.8) is 0 Å². The minimum Gasteiger partial charge on any atom is -0.319 e. The van der Waals surface area contributed by atoms with Crippen molar-refractivity contribution in [3.05, 3.63) is 40.1 Å². The summed E-state index contributed by atoms with van der Waals surface area (Å²) in [4.78, 5) is 4.21. The molecule has 0 saturated carbocycles. The fourth-order valence-corrected chi connectivity index (χ4v) is 1.60. The second-order valence-corrected chi connectivity index (χ2v) is 3.99. The van der Waals surface area contributed by atoms with Gasteiger partial charge in [-0.1, -0.05) is 11.6 Å². The van der Waals surface area contributed by atoms with Gasteiger partial charge in [-0.05, 0) is 41.9 Å². The van der Waals surface area contributed by atoms with Gasteiger partial charge in [0.15, 0.2) is 0 Å². The quantitative estimate of drug-likeness (QED) is 0.808. The maximum atomic E-state index is 5.93. The molecule has 70 valence electrons. The highest BCUT2D eigenvalue weighted by atomic mass is 79.9. The summed E-state index contributed by atoms with van der Waals surface area (Å²) in [6, 6.07) is 3.70. The molecule has 0 radical (unpaired) electrons. The van der Waals surface area contributed by atoms with Crippen LogP contribution < -0.4 is 5.73 Å². The summed E-state index contributed by atoms with van der Waals surface area (Å²) < 4.78 is 0.958. The molecule has 0 saturated heterocycles. The first-order valence-electron chi connectivity index (χ1n) is 4.12. The number of nitrogens with two attached hydrogens (primary N) is 1. The second kappa shape index (κ2) is 4.53. The van der Waals surface area contributed by atoms with Crippen molar-refractivity contribution in [2.75, 3.05) is 0 Å². The topological polar surface area (TPSA) is 38.9 Å². The zero-order chi connectivity index (χ0) is 9.84. The molecule has 2 nitrogen and oxygen atoms in total. The van der Waals surface area contributed by atoms with E-state index in [1.807, 2.05) is 32.1 Å². The summed E-state index contributed by atoms with van der Waals surface area (Å²) in [7, 11) is 0. The molecular weight excluding hydrogens is 228 g/mol. The van der Waals surface area contributed by atoms with Crippen LogP contribution in [-0.4, -0.2) is 4.98 Å². The van der Waals surface area contributed by atoms with Crippen LogP contribution in [0.3, 0.4) is 0 Å². The van der Waals surface area contributed by atoms with Crippen molar-refractivity contribution in [1.29, 1.82) is 0 Å². The summed E-state index contributed by atoms with van der Waals surface area (Å²) in [5.41, 5.74) is 8.01. The Labute approximate surface area is 87.0 Å². The number of aromatic nitrogens is 1. The predicted octanol–water partition coefficient (Wildman–Crippen LogP) is 2.81. The number of allylic oxidation sites excluding steroid dienone is 1. The Morgan fingerprint density at radius 3 is 2.85 bits per heavy atom. The zero-order valence-corrected chi connectivity index (χ0v) is 9.38. The van der Waals surface area contributed by atoms with Crippen molar-refractivity contribution in [1.82, 2.24) is 4.98 Å². The van der Waals surface area contributed by atoms with Crippen molar-refractivity contribution < 1.29 is 0 Å². The average Bonchev–Trinajstić information content (AvgIpc) is 2.03. The molecule has 3 heteroatoms. The van der Waals surface area contributed by atoms with Crippen LogP contribution in [0, 0.1) is 0 Å². The number of nitrogens with zero attached hydrogens (tertiary/aromatic N) is 1. The third-order valence-electron chi connectivity index (χ3n) is 1.62. The van der Waals surface area contributed by atoms with Crippen LogP contribution in [0.1, 0.15) is 25.6 Å². The minimum atomic E-state index is -0.124. The van der Waals surface area contributed by atoms with E-state index >= 15 is 0 Å². The van der Waals surface area contributed by atoms with Crippen LogP contribution in [0.4, 0.5) is 0 Å². The molecule has 1 aromatic heterocycles. The van der Waals surface area contributed by atoms with Gasteiger partial charge in [0, 0.05) is 10.7 Å². The van der Waals surface area contributed by atoms with Crippen LogP contribution in [0.5, 0.6) is 0 Å². The molecule has 1 heterocycles. The first-order valence-corrected chi connectivity index (χ1v) is 4.91. The molecule has 0 aromatic carbocycles. The fourth-order valence-electron chi connectivity index (χ4n) is 1.08. The lowest BCUT2D eigenvalue weighted by Crippen LogP contribution is -2.10. The zero-order valence-electron chi connectivity index (χ0n) is 7.79. The Kier molecular flexibility index (Phi) is 3.63. The highest BCUT2D eigenvalue weighted by molar-refractivity contribution is 9.10. The van der Waals surface area contributed by atoms with Crippen LogP contribution in [0.2, 0.25) is 0 Å². The van der Waals surface area contributed by atoms with Crippen LogP contribution in [0.25, 0.3) is 0 Å². The lowest BCUT2D eigenvalue weighted by atomic mass is 10.1.